The van der Waals surface area contributed by atoms with Crippen molar-refractivity contribution in [3.05, 3.63) is 0 Å². The van der Waals surface area contributed by atoms with Gasteiger partial charge in [0, 0.05) is 0 Å². The average Bonchev–Trinajstić information content (AvgIpc) is 3.22. The number of hydrogen-bond acceptors (Lipinski definition) is 0. The normalized spacial score (nSPS) is 14.4. The van der Waals surface area contributed by atoms with Crippen molar-refractivity contribution in [3.8, 4) is 0 Å². The Balaban J connectivity index is -0.0000000900. The van der Waals surface area contributed by atoms with Crippen molar-refractivity contribution in [1.29, 1.82) is 0 Å². The maximum absolute atomic E-state index is 2.36. The molecule has 394 valence electrons. The van der Waals surface area contributed by atoms with E-state index >= 15 is 0 Å². The van der Waals surface area contributed by atoms with Gasteiger partial charge in [0.15, 0.2) is 0 Å². The fraction of sp³-hybridized carbons (Fsp3) is 1.00. The van der Waals surface area contributed by atoms with E-state index in [0.717, 1.165) is 53.3 Å². The summed E-state index contributed by atoms with van der Waals surface area (Å²) in [6, 6.07) is 0. The maximum Gasteiger partial charge on any atom is -0.0359 e. The SMILES string of the molecule is CC(C)C(C)(C)C.CC(C)C(C)(C)C.CC1CCCCC1.CCC(C)(C)CC.CCC(C)(C)CC.CCC(C)C(C)C.CCC(C)C(C)C.CCC(CC)CC.CCCC(C)CC. The Morgan fingerprint density at radius 1 is 0.381 bits per heavy atom. The van der Waals surface area contributed by atoms with E-state index in [4.69, 9.17) is 0 Å². The Labute approximate surface area is 410 Å². The van der Waals surface area contributed by atoms with Gasteiger partial charge in [0.1, 0.15) is 0 Å². The first kappa shape index (κ1) is 80.1. The van der Waals surface area contributed by atoms with Gasteiger partial charge in [-0.1, -0.05) is 338 Å². The highest BCUT2D eigenvalue weighted by molar-refractivity contribution is 4.65. The molecule has 0 aliphatic heterocycles. The lowest BCUT2D eigenvalue weighted by molar-refractivity contribution is 0.283. The van der Waals surface area contributed by atoms with Crippen LogP contribution in [0.4, 0.5) is 0 Å². The molecule has 1 aliphatic rings. The van der Waals surface area contributed by atoms with Crippen molar-refractivity contribution < 1.29 is 0 Å². The monoisotopic (exact) mass is 899 g/mol. The molecule has 0 amide bonds. The first-order valence-corrected chi connectivity index (χ1v) is 28.5. The van der Waals surface area contributed by atoms with Gasteiger partial charge >= 0.3 is 0 Å². The molecule has 0 nitrogen and oxygen atoms in total. The highest BCUT2D eigenvalue weighted by Gasteiger charge is 2.15. The minimum Gasteiger partial charge on any atom is -0.0654 e. The summed E-state index contributed by atoms with van der Waals surface area (Å²) in [7, 11) is 0. The van der Waals surface area contributed by atoms with Gasteiger partial charge in [0.25, 0.3) is 0 Å². The summed E-state index contributed by atoms with van der Waals surface area (Å²) < 4.78 is 0. The fourth-order valence-electron chi connectivity index (χ4n) is 4.31. The van der Waals surface area contributed by atoms with Crippen molar-refractivity contribution in [2.75, 3.05) is 0 Å². The van der Waals surface area contributed by atoms with Gasteiger partial charge in [-0.3, -0.25) is 0 Å². The van der Waals surface area contributed by atoms with E-state index in [0.29, 0.717) is 21.7 Å². The predicted octanol–water partition coefficient (Wildman–Crippen LogP) is 24.7. The van der Waals surface area contributed by atoms with E-state index in [9.17, 15) is 0 Å². The molecule has 1 saturated carbocycles. The summed E-state index contributed by atoms with van der Waals surface area (Å²) in [5.74, 6) is 8.11. The van der Waals surface area contributed by atoms with E-state index in [1.807, 2.05) is 0 Å². The van der Waals surface area contributed by atoms with Crippen LogP contribution in [-0.4, -0.2) is 0 Å². The molecular formula is C63H142. The molecule has 0 saturated heterocycles. The Kier molecular flexibility index (Phi) is 63.4. The Morgan fingerprint density at radius 2 is 0.635 bits per heavy atom. The van der Waals surface area contributed by atoms with Crippen molar-refractivity contribution in [2.24, 2.45) is 74.9 Å². The molecule has 0 aromatic rings. The van der Waals surface area contributed by atoms with Crippen molar-refractivity contribution in [1.82, 2.24) is 0 Å². The van der Waals surface area contributed by atoms with Crippen LogP contribution in [0.3, 0.4) is 0 Å². The van der Waals surface area contributed by atoms with Crippen molar-refractivity contribution in [3.63, 3.8) is 0 Å². The molecule has 0 spiro atoms. The zero-order chi connectivity index (χ0) is 52.2. The van der Waals surface area contributed by atoms with Gasteiger partial charge in [0.2, 0.25) is 0 Å². The van der Waals surface area contributed by atoms with Crippen LogP contribution >= 0.6 is 0 Å². The van der Waals surface area contributed by atoms with E-state index < -0.39 is 0 Å². The minimum absolute atomic E-state index is 0.500. The van der Waals surface area contributed by atoms with Crippen LogP contribution in [-0.2, 0) is 0 Å². The lowest BCUT2D eigenvalue weighted by Crippen LogP contribution is -2.12. The molecule has 63 heavy (non-hydrogen) atoms. The van der Waals surface area contributed by atoms with Crippen LogP contribution < -0.4 is 0 Å². The van der Waals surface area contributed by atoms with Gasteiger partial charge in [-0.15, -0.1) is 0 Å². The van der Waals surface area contributed by atoms with Gasteiger partial charge in [-0.05, 0) is 74.9 Å². The largest absolute Gasteiger partial charge is 0.0654 e. The predicted molar refractivity (Wildman–Crippen MR) is 307 cm³/mol. The molecule has 1 aliphatic carbocycles. The third-order valence-electron chi connectivity index (χ3n) is 16.0. The topological polar surface area (TPSA) is 0 Å². The standard InChI is InChI=1S/C7H14.8C7H16/c1-7-5-3-2-4-6-7;2*1-6(2)7(3,4)5;2*1-5-7(3,4)6-2;2*1-5-7(4)6(2)3;1-4-6-7(3)5-2;1-4-7(5-2)6-3/h7H,2-6H2,1H3;2*6H,1-5H3;2*5-6H2,1-4H3;2*6-7H,5H2,1-4H3;2*7H,4-6H2,1-3H3. The first-order chi connectivity index (χ1) is 28.5. The summed E-state index contributed by atoms with van der Waals surface area (Å²) in [6.07, 6.45) is 23.4. The van der Waals surface area contributed by atoms with Crippen molar-refractivity contribution >= 4 is 0 Å². The summed E-state index contributed by atoms with van der Waals surface area (Å²) >= 11 is 0. The smallest absolute Gasteiger partial charge is 0.0359 e. The van der Waals surface area contributed by atoms with Gasteiger partial charge < -0.3 is 0 Å². The molecule has 1 fully saturated rings. The zero-order valence-electron chi connectivity index (χ0n) is 52.2. The molecule has 0 aromatic carbocycles. The summed E-state index contributed by atoms with van der Waals surface area (Å²) in [6.45, 7) is 74.8. The number of hydrogen-bond donors (Lipinski definition) is 0. The van der Waals surface area contributed by atoms with Gasteiger partial charge in [-0.2, -0.15) is 0 Å². The highest BCUT2D eigenvalue weighted by atomic mass is 14.2. The molecule has 3 unspecified atom stereocenters. The second kappa shape index (κ2) is 49.9. The second-order valence-electron chi connectivity index (χ2n) is 25.2. The molecule has 0 bridgehead atoms. The van der Waals surface area contributed by atoms with E-state index in [2.05, 4.69) is 228 Å². The van der Waals surface area contributed by atoms with Crippen LogP contribution in [0.25, 0.3) is 0 Å². The third-order valence-corrected chi connectivity index (χ3v) is 16.0. The lowest BCUT2D eigenvalue weighted by atomic mass is 9.84. The zero-order valence-corrected chi connectivity index (χ0v) is 52.2. The molecule has 3 atom stereocenters. The fourth-order valence-corrected chi connectivity index (χ4v) is 4.31. The number of rotatable bonds is 14. The van der Waals surface area contributed by atoms with Crippen LogP contribution in [0.15, 0.2) is 0 Å². The van der Waals surface area contributed by atoms with Gasteiger partial charge in [0.05, 0.1) is 0 Å². The van der Waals surface area contributed by atoms with Crippen LogP contribution in [0, 0.1) is 74.9 Å². The molecule has 1 rings (SSSR count). The lowest BCUT2D eigenvalue weighted by Gasteiger charge is -2.22. The molecule has 0 aromatic heterocycles. The van der Waals surface area contributed by atoms with E-state index in [1.165, 1.54) is 109 Å². The summed E-state index contributed by atoms with van der Waals surface area (Å²) in [5.41, 5.74) is 2.17. The summed E-state index contributed by atoms with van der Waals surface area (Å²) in [5, 5.41) is 0. The molecule has 0 heteroatoms. The quantitative estimate of drug-likeness (QED) is 0.163. The minimum atomic E-state index is 0.500. The van der Waals surface area contributed by atoms with Crippen LogP contribution in [0.2, 0.25) is 0 Å². The Morgan fingerprint density at radius 3 is 0.683 bits per heavy atom. The Hall–Kier alpha value is 0. The average molecular weight is 900 g/mol. The molecule has 0 radical (unpaired) electrons. The second-order valence-corrected chi connectivity index (χ2v) is 25.2. The van der Waals surface area contributed by atoms with E-state index in [-0.39, 0.29) is 0 Å². The Bertz CT molecular complexity index is 703. The molecule has 0 N–H and O–H groups in total. The summed E-state index contributed by atoms with van der Waals surface area (Å²) in [4.78, 5) is 0. The van der Waals surface area contributed by atoms with Crippen LogP contribution in [0.5, 0.6) is 0 Å². The molecule has 0 heterocycles. The van der Waals surface area contributed by atoms with Crippen molar-refractivity contribution in [2.45, 2.75) is 338 Å². The van der Waals surface area contributed by atoms with E-state index in [1.54, 1.807) is 0 Å². The molecular weight excluding hydrogens is 757 g/mol. The van der Waals surface area contributed by atoms with Gasteiger partial charge in [-0.25, -0.2) is 0 Å². The maximum atomic E-state index is 2.36. The third kappa shape index (κ3) is 73.8. The first-order valence-electron chi connectivity index (χ1n) is 28.5. The highest BCUT2D eigenvalue weighted by Crippen LogP contribution is 2.26. The van der Waals surface area contributed by atoms with Crippen LogP contribution in [0.1, 0.15) is 338 Å².